The van der Waals surface area contributed by atoms with Gasteiger partial charge in [-0.15, -0.1) is 0 Å². The summed E-state index contributed by atoms with van der Waals surface area (Å²) in [5.74, 6) is -1.96. The molecule has 202 valence electrons. The molecule has 1 aromatic rings. The van der Waals surface area contributed by atoms with Gasteiger partial charge in [0.15, 0.2) is 5.41 Å². The van der Waals surface area contributed by atoms with Crippen molar-refractivity contribution in [1.82, 2.24) is 10.2 Å². The van der Waals surface area contributed by atoms with Gasteiger partial charge in [-0.05, 0) is 84.0 Å². The molecule has 2 N–H and O–H groups in total. The number of aryl methyl sites for hydroxylation is 2. The Hall–Kier alpha value is -2.10. The summed E-state index contributed by atoms with van der Waals surface area (Å²) in [7, 11) is 1.62. The predicted molar refractivity (Wildman–Crippen MR) is 146 cm³/mol. The molecule has 2 amide bonds. The van der Waals surface area contributed by atoms with Crippen molar-refractivity contribution in [3.05, 3.63) is 28.8 Å². The van der Waals surface area contributed by atoms with Gasteiger partial charge in [0, 0.05) is 55.9 Å². The van der Waals surface area contributed by atoms with Crippen LogP contribution in [0, 0.1) is 19.3 Å². The molecule has 0 aliphatic carbocycles. The summed E-state index contributed by atoms with van der Waals surface area (Å²) in [6.45, 7) is 11.8. The molecular weight excluding hydrogens is 478 g/mol. The van der Waals surface area contributed by atoms with Crippen molar-refractivity contribution >= 4 is 36.1 Å². The Kier molecular flexibility index (Phi) is 11.3. The number of thiol groups is 1. The Bertz CT molecular complexity index is 932. The first-order valence-corrected chi connectivity index (χ1v) is 13.4. The van der Waals surface area contributed by atoms with Crippen molar-refractivity contribution in [2.75, 3.05) is 44.0 Å². The zero-order chi connectivity index (χ0) is 27.0. The van der Waals surface area contributed by atoms with Crippen LogP contribution in [-0.4, -0.2) is 79.0 Å². The first-order chi connectivity index (χ1) is 17.0. The van der Waals surface area contributed by atoms with Crippen LogP contribution >= 0.6 is 12.6 Å². The normalized spacial score (nSPS) is 17.5. The summed E-state index contributed by atoms with van der Waals surface area (Å²) in [6.07, 6.45) is 3.31. The zero-order valence-electron chi connectivity index (χ0n) is 22.6. The van der Waals surface area contributed by atoms with Gasteiger partial charge in [-0.3, -0.25) is 14.4 Å². The van der Waals surface area contributed by atoms with E-state index >= 15 is 0 Å². The van der Waals surface area contributed by atoms with Gasteiger partial charge in [0.25, 0.3) is 5.91 Å². The van der Waals surface area contributed by atoms with Crippen molar-refractivity contribution in [2.24, 2.45) is 5.41 Å². The molecule has 8 nitrogen and oxygen atoms in total. The van der Waals surface area contributed by atoms with Gasteiger partial charge in [0.2, 0.25) is 5.91 Å². The van der Waals surface area contributed by atoms with Gasteiger partial charge in [-0.2, -0.15) is 12.6 Å². The highest BCUT2D eigenvalue weighted by Gasteiger charge is 2.43. The average molecular weight is 522 g/mol. The van der Waals surface area contributed by atoms with Crippen molar-refractivity contribution in [1.29, 1.82) is 0 Å². The third-order valence-corrected chi connectivity index (χ3v) is 7.64. The fourth-order valence-corrected chi connectivity index (χ4v) is 5.04. The van der Waals surface area contributed by atoms with Gasteiger partial charge >= 0.3 is 5.97 Å². The number of methoxy groups -OCH3 is 1. The number of amides is 2. The second-order valence-electron chi connectivity index (χ2n) is 10.2. The molecule has 1 aliphatic heterocycles. The number of piperidine rings is 1. The number of hydrogen-bond acceptors (Lipinski definition) is 6. The van der Waals surface area contributed by atoms with E-state index in [0.717, 1.165) is 43.5 Å². The van der Waals surface area contributed by atoms with Gasteiger partial charge in [-0.1, -0.05) is 6.07 Å². The van der Waals surface area contributed by atoms with E-state index < -0.39 is 17.3 Å². The molecule has 9 heteroatoms. The topological polar surface area (TPSA) is 99.2 Å². The summed E-state index contributed by atoms with van der Waals surface area (Å²) in [6, 6.07) is 3.79. The van der Waals surface area contributed by atoms with Crippen LogP contribution in [0.5, 0.6) is 0 Å². The van der Waals surface area contributed by atoms with Crippen LogP contribution in [0.1, 0.15) is 67.9 Å². The lowest BCUT2D eigenvalue weighted by atomic mass is 9.90. The van der Waals surface area contributed by atoms with Crippen LogP contribution in [0.2, 0.25) is 0 Å². The number of carbonyl (C=O) groups excluding carboxylic acids is 2. The van der Waals surface area contributed by atoms with Gasteiger partial charge in [0.05, 0.1) is 0 Å². The minimum absolute atomic E-state index is 0.0119. The fraction of sp³-hybridized carbons (Fsp3) is 0.667. The molecule has 2 rings (SSSR count). The van der Waals surface area contributed by atoms with Gasteiger partial charge in [-0.25, -0.2) is 0 Å². The SMILES string of the molecule is COCCCCN(C(=O)C(C)(CS)C(=O)O)c1cc(C(=O)N(C(C)C)C2CCCNC2)c(C)cc1C. The van der Waals surface area contributed by atoms with E-state index in [4.69, 9.17) is 4.74 Å². The maximum Gasteiger partial charge on any atom is 0.319 e. The molecule has 0 spiro atoms. The second-order valence-corrected chi connectivity index (χ2v) is 10.5. The lowest BCUT2D eigenvalue weighted by Gasteiger charge is -2.38. The van der Waals surface area contributed by atoms with Crippen molar-refractivity contribution in [3.63, 3.8) is 0 Å². The molecule has 1 aromatic carbocycles. The monoisotopic (exact) mass is 521 g/mol. The Labute approximate surface area is 221 Å². The number of anilines is 1. The maximum absolute atomic E-state index is 13.9. The number of benzene rings is 1. The minimum Gasteiger partial charge on any atom is -0.480 e. The number of rotatable bonds is 12. The van der Waals surface area contributed by atoms with Crippen LogP contribution in [0.3, 0.4) is 0 Å². The number of hydrogen-bond donors (Lipinski definition) is 3. The molecule has 36 heavy (non-hydrogen) atoms. The van der Waals surface area contributed by atoms with Gasteiger partial charge < -0.3 is 25.0 Å². The molecule has 0 saturated carbocycles. The fourth-order valence-electron chi connectivity index (χ4n) is 4.77. The highest BCUT2D eigenvalue weighted by atomic mass is 32.1. The minimum atomic E-state index is -1.69. The number of aliphatic carboxylic acids is 1. The average Bonchev–Trinajstić information content (AvgIpc) is 2.84. The Balaban J connectivity index is 2.54. The van der Waals surface area contributed by atoms with Crippen LogP contribution in [0.15, 0.2) is 12.1 Å². The van der Waals surface area contributed by atoms with Crippen molar-refractivity contribution in [3.8, 4) is 0 Å². The van der Waals surface area contributed by atoms with Crippen LogP contribution < -0.4 is 10.2 Å². The van der Waals surface area contributed by atoms with E-state index in [9.17, 15) is 19.5 Å². The molecule has 1 fully saturated rings. The van der Waals surface area contributed by atoms with Crippen LogP contribution in [0.4, 0.5) is 5.69 Å². The molecule has 0 aromatic heterocycles. The van der Waals surface area contributed by atoms with E-state index in [1.54, 1.807) is 13.2 Å². The van der Waals surface area contributed by atoms with Crippen LogP contribution in [0.25, 0.3) is 0 Å². The van der Waals surface area contributed by atoms with Crippen LogP contribution in [-0.2, 0) is 14.3 Å². The summed E-state index contributed by atoms with van der Waals surface area (Å²) >= 11 is 4.20. The third kappa shape index (κ3) is 6.81. The highest BCUT2D eigenvalue weighted by Crippen LogP contribution is 2.32. The number of carboxylic acids is 1. The Morgan fingerprint density at radius 1 is 1.22 bits per heavy atom. The molecule has 1 saturated heterocycles. The summed E-state index contributed by atoms with van der Waals surface area (Å²) in [4.78, 5) is 43.1. The lowest BCUT2D eigenvalue weighted by Crippen LogP contribution is -2.52. The number of carboxylic acid groups (broad SMARTS) is 1. The maximum atomic E-state index is 13.9. The summed E-state index contributed by atoms with van der Waals surface area (Å²) in [5, 5.41) is 13.3. The molecule has 0 bridgehead atoms. The predicted octanol–water partition coefficient (Wildman–Crippen LogP) is 3.69. The van der Waals surface area contributed by atoms with E-state index in [0.29, 0.717) is 30.8 Å². The standard InChI is InChI=1S/C27H43N3O5S/c1-18(2)30(21-10-9-11-28-16-21)24(31)22-15-23(20(4)14-19(22)3)29(12-7-8-13-35-6)25(32)27(5,17-36)26(33)34/h14-15,18,21,28,36H,7-13,16-17H2,1-6H3,(H,33,34). The quantitative estimate of drug-likeness (QED) is 0.220. The van der Waals surface area contributed by atoms with Crippen molar-refractivity contribution < 1.29 is 24.2 Å². The van der Waals surface area contributed by atoms with E-state index in [1.807, 2.05) is 38.7 Å². The summed E-state index contributed by atoms with van der Waals surface area (Å²) in [5.41, 5.74) is 1.05. The smallest absolute Gasteiger partial charge is 0.319 e. The second kappa shape index (κ2) is 13.4. The molecule has 1 heterocycles. The first kappa shape index (κ1) is 30.1. The Morgan fingerprint density at radius 3 is 2.44 bits per heavy atom. The molecule has 2 atom stereocenters. The Morgan fingerprint density at radius 2 is 1.92 bits per heavy atom. The zero-order valence-corrected chi connectivity index (χ0v) is 23.5. The van der Waals surface area contributed by atoms with Gasteiger partial charge in [0.1, 0.15) is 0 Å². The number of carbonyl (C=O) groups is 3. The molecular formula is C27H43N3O5S. The van der Waals surface area contributed by atoms with E-state index in [1.165, 1.54) is 11.8 Å². The number of nitrogens with zero attached hydrogens (tertiary/aromatic N) is 2. The third-order valence-electron chi connectivity index (χ3n) is 7.00. The lowest BCUT2D eigenvalue weighted by molar-refractivity contribution is -0.152. The van der Waals surface area contributed by atoms with E-state index in [-0.39, 0.29) is 23.7 Å². The molecule has 1 aliphatic rings. The number of ether oxygens (including phenoxy) is 1. The van der Waals surface area contributed by atoms with Crippen molar-refractivity contribution in [2.45, 2.75) is 72.4 Å². The number of unbranched alkanes of at least 4 members (excludes halogenated alkanes) is 1. The largest absolute Gasteiger partial charge is 0.480 e. The first-order valence-electron chi connectivity index (χ1n) is 12.8. The van der Waals surface area contributed by atoms with E-state index in [2.05, 4.69) is 17.9 Å². The molecule has 2 unspecified atom stereocenters. The number of nitrogens with one attached hydrogen (secondary N) is 1. The highest BCUT2D eigenvalue weighted by molar-refractivity contribution is 7.80. The molecule has 0 radical (unpaired) electrons. The summed E-state index contributed by atoms with van der Waals surface area (Å²) < 4.78 is 5.15.